The van der Waals surface area contributed by atoms with E-state index >= 15 is 0 Å². The van der Waals surface area contributed by atoms with Crippen LogP contribution in [0.15, 0.2) is 45.3 Å². The highest BCUT2D eigenvalue weighted by Gasteiger charge is 2.19. The molecule has 29 heavy (non-hydrogen) atoms. The number of thiazole rings is 1. The summed E-state index contributed by atoms with van der Waals surface area (Å²) in [7, 11) is 1.42. The smallest absolute Gasteiger partial charge is 0.332 e. The van der Waals surface area contributed by atoms with Gasteiger partial charge in [0.25, 0.3) is 5.56 Å². The van der Waals surface area contributed by atoms with Gasteiger partial charge < -0.3 is 11.1 Å². The van der Waals surface area contributed by atoms with Crippen molar-refractivity contribution < 1.29 is 4.79 Å². The zero-order valence-corrected chi connectivity index (χ0v) is 17.2. The SMILES string of the molecule is CCCn1c(N)c(-c2csc(CC(=O)NCc3ccccc3)n2)c(=O)n(C)c1=O. The van der Waals surface area contributed by atoms with Crippen molar-refractivity contribution in [3.05, 3.63) is 67.1 Å². The monoisotopic (exact) mass is 413 g/mol. The van der Waals surface area contributed by atoms with Crippen molar-refractivity contribution in [2.24, 2.45) is 7.05 Å². The predicted molar refractivity (Wildman–Crippen MR) is 114 cm³/mol. The molecule has 8 nitrogen and oxygen atoms in total. The number of rotatable bonds is 7. The number of carbonyl (C=O) groups excluding carboxylic acids is 1. The Morgan fingerprint density at radius 2 is 1.97 bits per heavy atom. The molecule has 0 saturated heterocycles. The van der Waals surface area contributed by atoms with Crippen molar-refractivity contribution in [3.8, 4) is 11.3 Å². The minimum Gasteiger partial charge on any atom is -0.384 e. The first-order valence-electron chi connectivity index (χ1n) is 9.27. The highest BCUT2D eigenvalue weighted by molar-refractivity contribution is 7.10. The Morgan fingerprint density at radius 3 is 2.66 bits per heavy atom. The summed E-state index contributed by atoms with van der Waals surface area (Å²) in [5.74, 6) is -0.0584. The Bertz CT molecular complexity index is 1130. The van der Waals surface area contributed by atoms with Crippen LogP contribution in [0.1, 0.15) is 23.9 Å². The largest absolute Gasteiger partial charge is 0.384 e. The van der Waals surface area contributed by atoms with Gasteiger partial charge in [-0.1, -0.05) is 37.3 Å². The Kier molecular flexibility index (Phi) is 6.28. The quantitative estimate of drug-likeness (QED) is 0.610. The van der Waals surface area contributed by atoms with Crippen molar-refractivity contribution in [2.75, 3.05) is 5.73 Å². The third-order valence-electron chi connectivity index (χ3n) is 4.48. The number of anilines is 1. The van der Waals surface area contributed by atoms with Crippen LogP contribution >= 0.6 is 11.3 Å². The van der Waals surface area contributed by atoms with E-state index in [4.69, 9.17) is 5.73 Å². The summed E-state index contributed by atoms with van der Waals surface area (Å²) in [5.41, 5.74) is 6.76. The van der Waals surface area contributed by atoms with Gasteiger partial charge in [-0.15, -0.1) is 11.3 Å². The lowest BCUT2D eigenvalue weighted by atomic mass is 10.2. The predicted octanol–water partition coefficient (Wildman–Crippen LogP) is 1.52. The summed E-state index contributed by atoms with van der Waals surface area (Å²) in [6.45, 7) is 2.77. The standard InChI is InChI=1S/C20H23N5O3S/c1-3-9-25-18(21)17(19(27)24(2)20(25)28)14-12-29-16(23-14)10-15(26)22-11-13-7-5-4-6-8-13/h4-8,12H,3,9-11,21H2,1-2H3,(H,22,26). The highest BCUT2D eigenvalue weighted by Crippen LogP contribution is 2.23. The van der Waals surface area contributed by atoms with Crippen LogP contribution in [-0.4, -0.2) is 20.0 Å². The molecular weight excluding hydrogens is 390 g/mol. The Balaban J connectivity index is 1.80. The molecule has 152 valence electrons. The second kappa shape index (κ2) is 8.87. The zero-order chi connectivity index (χ0) is 21.0. The molecule has 3 aromatic rings. The summed E-state index contributed by atoms with van der Waals surface area (Å²) in [4.78, 5) is 41.6. The normalized spacial score (nSPS) is 10.8. The van der Waals surface area contributed by atoms with Gasteiger partial charge in [0.15, 0.2) is 0 Å². The number of nitrogens with one attached hydrogen (secondary N) is 1. The number of aromatic nitrogens is 3. The third-order valence-corrected chi connectivity index (χ3v) is 5.33. The van der Waals surface area contributed by atoms with Gasteiger partial charge in [-0.05, 0) is 12.0 Å². The fourth-order valence-electron chi connectivity index (χ4n) is 2.97. The number of nitrogens with two attached hydrogens (primary N) is 1. The van der Waals surface area contributed by atoms with Crippen molar-refractivity contribution >= 4 is 23.1 Å². The fourth-order valence-corrected chi connectivity index (χ4v) is 3.75. The third kappa shape index (κ3) is 4.45. The van der Waals surface area contributed by atoms with Crippen LogP contribution in [0, 0.1) is 0 Å². The molecule has 0 spiro atoms. The van der Waals surface area contributed by atoms with E-state index in [1.165, 1.54) is 23.0 Å². The minimum absolute atomic E-state index is 0.102. The summed E-state index contributed by atoms with van der Waals surface area (Å²) < 4.78 is 2.41. The molecule has 9 heteroatoms. The molecule has 0 radical (unpaired) electrons. The van der Waals surface area contributed by atoms with Gasteiger partial charge in [0.1, 0.15) is 16.4 Å². The van der Waals surface area contributed by atoms with Gasteiger partial charge in [-0.2, -0.15) is 0 Å². The molecule has 0 atom stereocenters. The number of carbonyl (C=O) groups is 1. The number of benzene rings is 1. The number of hydrogen-bond acceptors (Lipinski definition) is 6. The molecule has 0 fully saturated rings. The summed E-state index contributed by atoms with van der Waals surface area (Å²) in [5, 5.41) is 5.11. The minimum atomic E-state index is -0.495. The average Bonchev–Trinajstić information content (AvgIpc) is 3.17. The molecule has 2 heterocycles. The van der Waals surface area contributed by atoms with E-state index in [0.717, 1.165) is 10.1 Å². The van der Waals surface area contributed by atoms with E-state index in [1.807, 2.05) is 37.3 Å². The molecule has 0 unspecified atom stereocenters. The molecular formula is C20H23N5O3S. The second-order valence-corrected chi connectivity index (χ2v) is 7.57. The Hall–Kier alpha value is -3.20. The van der Waals surface area contributed by atoms with Gasteiger partial charge in [0, 0.05) is 25.5 Å². The lowest BCUT2D eigenvalue weighted by Crippen LogP contribution is -2.40. The van der Waals surface area contributed by atoms with Crippen LogP contribution in [0.2, 0.25) is 0 Å². The first-order valence-corrected chi connectivity index (χ1v) is 10.1. The van der Waals surface area contributed by atoms with Crippen LogP contribution in [-0.2, 0) is 31.4 Å². The van der Waals surface area contributed by atoms with Crippen molar-refractivity contribution in [1.82, 2.24) is 19.4 Å². The number of amides is 1. The molecule has 0 aliphatic carbocycles. The number of nitrogens with zero attached hydrogens (tertiary/aromatic N) is 3. The fraction of sp³-hybridized carbons (Fsp3) is 0.300. The maximum absolute atomic E-state index is 12.6. The summed E-state index contributed by atoms with van der Waals surface area (Å²) >= 11 is 1.28. The highest BCUT2D eigenvalue weighted by atomic mass is 32.1. The Labute approximate surface area is 171 Å². The summed E-state index contributed by atoms with van der Waals surface area (Å²) in [6, 6.07) is 9.62. The molecule has 0 bridgehead atoms. The van der Waals surface area contributed by atoms with Gasteiger partial charge in [0.2, 0.25) is 5.91 Å². The van der Waals surface area contributed by atoms with Crippen LogP contribution in [0.4, 0.5) is 5.82 Å². The van der Waals surface area contributed by atoms with E-state index in [-0.39, 0.29) is 23.7 Å². The topological polar surface area (TPSA) is 112 Å². The van der Waals surface area contributed by atoms with Gasteiger partial charge in [-0.25, -0.2) is 9.78 Å². The van der Waals surface area contributed by atoms with Crippen molar-refractivity contribution in [2.45, 2.75) is 32.9 Å². The molecule has 0 aliphatic heterocycles. The van der Waals surface area contributed by atoms with Crippen LogP contribution in [0.25, 0.3) is 11.3 Å². The molecule has 0 aliphatic rings. The van der Waals surface area contributed by atoms with Crippen molar-refractivity contribution in [3.63, 3.8) is 0 Å². The van der Waals surface area contributed by atoms with E-state index in [9.17, 15) is 14.4 Å². The van der Waals surface area contributed by atoms with E-state index in [1.54, 1.807) is 5.38 Å². The molecule has 1 aromatic carbocycles. The Morgan fingerprint density at radius 1 is 1.24 bits per heavy atom. The molecule has 1 amide bonds. The zero-order valence-electron chi connectivity index (χ0n) is 16.3. The molecule has 3 rings (SSSR count). The average molecular weight is 414 g/mol. The van der Waals surface area contributed by atoms with Crippen LogP contribution in [0.5, 0.6) is 0 Å². The van der Waals surface area contributed by atoms with Crippen molar-refractivity contribution in [1.29, 1.82) is 0 Å². The van der Waals surface area contributed by atoms with E-state index in [2.05, 4.69) is 10.3 Å². The maximum Gasteiger partial charge on any atom is 0.332 e. The maximum atomic E-state index is 12.6. The molecule has 2 aromatic heterocycles. The van der Waals surface area contributed by atoms with E-state index in [0.29, 0.717) is 30.2 Å². The molecule has 3 N–H and O–H groups in total. The second-order valence-electron chi connectivity index (χ2n) is 6.62. The lowest BCUT2D eigenvalue weighted by molar-refractivity contribution is -0.120. The number of hydrogen-bond donors (Lipinski definition) is 2. The number of nitrogen functional groups attached to an aromatic ring is 1. The van der Waals surface area contributed by atoms with Gasteiger partial charge in [0.05, 0.1) is 12.1 Å². The van der Waals surface area contributed by atoms with E-state index < -0.39 is 11.2 Å². The van der Waals surface area contributed by atoms with Gasteiger partial charge >= 0.3 is 5.69 Å². The molecule has 0 saturated carbocycles. The van der Waals surface area contributed by atoms with Crippen LogP contribution in [0.3, 0.4) is 0 Å². The summed E-state index contributed by atoms with van der Waals surface area (Å²) in [6.07, 6.45) is 0.804. The first-order chi connectivity index (χ1) is 13.9. The first kappa shape index (κ1) is 20.5. The lowest BCUT2D eigenvalue weighted by Gasteiger charge is -2.13. The van der Waals surface area contributed by atoms with Crippen LogP contribution < -0.4 is 22.3 Å². The van der Waals surface area contributed by atoms with Gasteiger partial charge in [-0.3, -0.25) is 18.7 Å².